The molecule has 0 fully saturated rings. The molecule has 0 saturated heterocycles. The van der Waals surface area contributed by atoms with Crippen molar-refractivity contribution in [2.75, 3.05) is 13.6 Å². The molecule has 0 aliphatic heterocycles. The number of carbonyl (C=O) groups is 2. The molecule has 2 heterocycles. The summed E-state index contributed by atoms with van der Waals surface area (Å²) in [6.07, 6.45) is 5.06. The summed E-state index contributed by atoms with van der Waals surface area (Å²) in [4.78, 5) is 25.7. The number of likely N-dealkylation sites (N-methyl/N-ethyl adjacent to an activating group) is 1. The van der Waals surface area contributed by atoms with Crippen LogP contribution in [0, 0.1) is 0 Å². The van der Waals surface area contributed by atoms with Crippen LogP contribution in [0.3, 0.4) is 0 Å². The van der Waals surface area contributed by atoms with Crippen LogP contribution in [-0.2, 0) is 11.3 Å². The summed E-state index contributed by atoms with van der Waals surface area (Å²) in [5.74, 6) is 0.192. The van der Waals surface area contributed by atoms with Gasteiger partial charge < -0.3 is 14.6 Å². The lowest BCUT2D eigenvalue weighted by atomic mass is 10.2. The zero-order valence-corrected chi connectivity index (χ0v) is 13.8. The number of furan rings is 1. The molecular formula is C18H18N4O3. The minimum atomic E-state index is -0.250. The second kappa shape index (κ2) is 7.48. The molecule has 2 amide bonds. The lowest BCUT2D eigenvalue weighted by Gasteiger charge is -2.17. The van der Waals surface area contributed by atoms with Gasteiger partial charge in [-0.25, -0.2) is 4.68 Å². The summed E-state index contributed by atoms with van der Waals surface area (Å²) in [5.41, 5.74) is 1.37. The van der Waals surface area contributed by atoms with Gasteiger partial charge in [0, 0.05) is 25.0 Å². The van der Waals surface area contributed by atoms with E-state index in [-0.39, 0.29) is 18.4 Å². The fourth-order valence-electron chi connectivity index (χ4n) is 2.34. The van der Waals surface area contributed by atoms with Gasteiger partial charge >= 0.3 is 0 Å². The Morgan fingerprint density at radius 3 is 2.64 bits per heavy atom. The van der Waals surface area contributed by atoms with Gasteiger partial charge in [-0.2, -0.15) is 5.10 Å². The largest absolute Gasteiger partial charge is 0.467 e. The van der Waals surface area contributed by atoms with Crippen molar-refractivity contribution < 1.29 is 14.0 Å². The number of hydrogen-bond acceptors (Lipinski definition) is 4. The summed E-state index contributed by atoms with van der Waals surface area (Å²) >= 11 is 0. The van der Waals surface area contributed by atoms with E-state index in [1.165, 1.54) is 4.90 Å². The summed E-state index contributed by atoms with van der Waals surface area (Å²) in [5, 5.41) is 6.85. The van der Waals surface area contributed by atoms with Crippen molar-refractivity contribution in [3.8, 4) is 5.69 Å². The minimum Gasteiger partial charge on any atom is -0.467 e. The first kappa shape index (κ1) is 16.5. The third-order valence-corrected chi connectivity index (χ3v) is 3.65. The van der Waals surface area contributed by atoms with Gasteiger partial charge in [0.25, 0.3) is 5.91 Å². The summed E-state index contributed by atoms with van der Waals surface area (Å²) < 4.78 is 6.85. The van der Waals surface area contributed by atoms with E-state index in [0.29, 0.717) is 17.9 Å². The maximum atomic E-state index is 12.4. The molecule has 0 atom stereocenters. The highest BCUT2D eigenvalue weighted by Crippen LogP contribution is 2.10. The van der Waals surface area contributed by atoms with Crippen LogP contribution in [0.5, 0.6) is 0 Å². The van der Waals surface area contributed by atoms with Gasteiger partial charge in [0.15, 0.2) is 0 Å². The van der Waals surface area contributed by atoms with Crippen LogP contribution in [0.2, 0.25) is 0 Å². The average molecular weight is 338 g/mol. The van der Waals surface area contributed by atoms with Gasteiger partial charge in [-0.3, -0.25) is 9.59 Å². The van der Waals surface area contributed by atoms with Crippen molar-refractivity contribution in [1.29, 1.82) is 0 Å². The second-order valence-corrected chi connectivity index (χ2v) is 5.51. The lowest BCUT2D eigenvalue weighted by Crippen LogP contribution is -2.38. The Balaban J connectivity index is 1.55. The monoisotopic (exact) mass is 338 g/mol. The average Bonchev–Trinajstić information content (AvgIpc) is 3.33. The number of amides is 2. The van der Waals surface area contributed by atoms with Gasteiger partial charge in [0.05, 0.1) is 25.0 Å². The van der Waals surface area contributed by atoms with Crippen LogP contribution in [0.25, 0.3) is 5.69 Å². The van der Waals surface area contributed by atoms with E-state index in [1.54, 1.807) is 48.5 Å². The third kappa shape index (κ3) is 4.14. The zero-order chi connectivity index (χ0) is 17.6. The van der Waals surface area contributed by atoms with Gasteiger partial charge in [-0.1, -0.05) is 0 Å². The SMILES string of the molecule is CN(CC(=O)NCc1ccco1)C(=O)c1ccc(-n2cccn2)cc1. The highest BCUT2D eigenvalue weighted by molar-refractivity contribution is 5.96. The van der Waals surface area contributed by atoms with Crippen LogP contribution in [-0.4, -0.2) is 40.1 Å². The molecule has 3 rings (SSSR count). The van der Waals surface area contributed by atoms with Crippen molar-refractivity contribution in [2.45, 2.75) is 6.54 Å². The molecule has 7 nitrogen and oxygen atoms in total. The van der Waals surface area contributed by atoms with E-state index >= 15 is 0 Å². The Bertz CT molecular complexity index is 824. The third-order valence-electron chi connectivity index (χ3n) is 3.65. The van der Waals surface area contributed by atoms with Crippen LogP contribution in [0.4, 0.5) is 0 Å². The molecule has 0 aliphatic carbocycles. The molecule has 128 valence electrons. The first-order valence-corrected chi connectivity index (χ1v) is 7.78. The number of hydrogen-bond donors (Lipinski definition) is 1. The fraction of sp³-hybridized carbons (Fsp3) is 0.167. The van der Waals surface area contributed by atoms with E-state index in [2.05, 4.69) is 10.4 Å². The van der Waals surface area contributed by atoms with E-state index in [1.807, 2.05) is 24.4 Å². The predicted octanol–water partition coefficient (Wildman–Crippen LogP) is 1.85. The summed E-state index contributed by atoms with van der Waals surface area (Å²) in [6.45, 7) is 0.271. The molecule has 0 aliphatic rings. The van der Waals surface area contributed by atoms with Gasteiger partial charge in [-0.05, 0) is 42.5 Å². The maximum Gasteiger partial charge on any atom is 0.254 e. The maximum absolute atomic E-state index is 12.4. The highest BCUT2D eigenvalue weighted by atomic mass is 16.3. The Morgan fingerprint density at radius 2 is 2.00 bits per heavy atom. The van der Waals surface area contributed by atoms with Crippen LogP contribution < -0.4 is 5.32 Å². The van der Waals surface area contributed by atoms with Crippen LogP contribution in [0.1, 0.15) is 16.1 Å². The first-order valence-electron chi connectivity index (χ1n) is 7.78. The minimum absolute atomic E-state index is 0.0273. The lowest BCUT2D eigenvalue weighted by molar-refractivity contribution is -0.121. The zero-order valence-electron chi connectivity index (χ0n) is 13.8. The molecule has 0 radical (unpaired) electrons. The Hall–Kier alpha value is -3.35. The van der Waals surface area contributed by atoms with Gasteiger partial charge in [0.1, 0.15) is 5.76 Å². The summed E-state index contributed by atoms with van der Waals surface area (Å²) in [6, 6.07) is 12.4. The number of benzene rings is 1. The molecule has 0 spiro atoms. The molecule has 25 heavy (non-hydrogen) atoms. The van der Waals surface area contributed by atoms with E-state index in [9.17, 15) is 9.59 Å². The Labute approximate surface area is 144 Å². The molecule has 0 saturated carbocycles. The first-order chi connectivity index (χ1) is 12.1. The van der Waals surface area contributed by atoms with Crippen molar-refractivity contribution in [2.24, 2.45) is 0 Å². The fourth-order valence-corrected chi connectivity index (χ4v) is 2.34. The van der Waals surface area contributed by atoms with Crippen molar-refractivity contribution in [3.05, 3.63) is 72.4 Å². The second-order valence-electron chi connectivity index (χ2n) is 5.51. The smallest absolute Gasteiger partial charge is 0.254 e. The van der Waals surface area contributed by atoms with Gasteiger partial charge in [-0.15, -0.1) is 0 Å². The molecule has 1 N–H and O–H groups in total. The van der Waals surface area contributed by atoms with E-state index < -0.39 is 0 Å². The number of carbonyl (C=O) groups excluding carboxylic acids is 2. The predicted molar refractivity (Wildman–Crippen MR) is 91.1 cm³/mol. The molecule has 1 aromatic carbocycles. The van der Waals surface area contributed by atoms with E-state index in [4.69, 9.17) is 4.42 Å². The topological polar surface area (TPSA) is 80.4 Å². The Kier molecular flexibility index (Phi) is 4.94. The molecular weight excluding hydrogens is 320 g/mol. The molecule has 0 unspecified atom stereocenters. The number of aromatic nitrogens is 2. The molecule has 2 aromatic heterocycles. The number of nitrogens with one attached hydrogen (secondary N) is 1. The molecule has 7 heteroatoms. The van der Waals surface area contributed by atoms with Crippen LogP contribution in [0.15, 0.2) is 65.5 Å². The normalized spacial score (nSPS) is 10.4. The van der Waals surface area contributed by atoms with E-state index in [0.717, 1.165) is 5.69 Å². The molecule has 3 aromatic rings. The highest BCUT2D eigenvalue weighted by Gasteiger charge is 2.15. The summed E-state index contributed by atoms with van der Waals surface area (Å²) in [7, 11) is 1.59. The number of nitrogens with zero attached hydrogens (tertiary/aromatic N) is 3. The van der Waals surface area contributed by atoms with Crippen LogP contribution >= 0.6 is 0 Å². The van der Waals surface area contributed by atoms with Crippen molar-refractivity contribution >= 4 is 11.8 Å². The van der Waals surface area contributed by atoms with Crippen molar-refractivity contribution in [3.63, 3.8) is 0 Å². The molecule has 0 bridgehead atoms. The quantitative estimate of drug-likeness (QED) is 0.744. The van der Waals surface area contributed by atoms with Crippen molar-refractivity contribution in [1.82, 2.24) is 20.0 Å². The standard InChI is InChI=1S/C18H18N4O3/c1-21(13-17(23)19-12-16-4-2-11-25-16)18(24)14-5-7-15(8-6-14)22-10-3-9-20-22/h2-11H,12-13H2,1H3,(H,19,23). The van der Waals surface area contributed by atoms with Gasteiger partial charge in [0.2, 0.25) is 5.91 Å². The Morgan fingerprint density at radius 1 is 1.20 bits per heavy atom. The number of rotatable bonds is 6.